The van der Waals surface area contributed by atoms with Crippen LogP contribution in [-0.2, 0) is 4.79 Å². The Bertz CT molecular complexity index is 1110. The van der Waals surface area contributed by atoms with E-state index in [-0.39, 0.29) is 23.0 Å². The Hall–Kier alpha value is -3.12. The fourth-order valence-corrected chi connectivity index (χ4v) is 4.74. The number of nitrogens with one attached hydrogen (secondary N) is 1. The molecule has 4 nitrogen and oxygen atoms in total. The number of nitrogens with zero attached hydrogens (tertiary/aromatic N) is 1. The van der Waals surface area contributed by atoms with E-state index in [1.54, 1.807) is 17.8 Å². The molecule has 0 bridgehead atoms. The second-order valence-electron chi connectivity index (χ2n) is 7.30. The SMILES string of the molecule is Cc1ccc(N2C(=O)CS[C@@H]2c2cccc(NC(=O)c3ccc(F)cc3)c2)c(C)c1. The topological polar surface area (TPSA) is 49.4 Å². The van der Waals surface area contributed by atoms with Crippen LogP contribution in [0.4, 0.5) is 15.8 Å². The molecule has 30 heavy (non-hydrogen) atoms. The van der Waals surface area contributed by atoms with E-state index in [4.69, 9.17) is 0 Å². The van der Waals surface area contributed by atoms with Gasteiger partial charge in [-0.15, -0.1) is 11.8 Å². The van der Waals surface area contributed by atoms with Crippen LogP contribution in [0.15, 0.2) is 66.7 Å². The lowest BCUT2D eigenvalue weighted by Crippen LogP contribution is -2.28. The van der Waals surface area contributed by atoms with Gasteiger partial charge in [-0.2, -0.15) is 0 Å². The highest BCUT2D eigenvalue weighted by atomic mass is 32.2. The molecule has 0 aliphatic carbocycles. The van der Waals surface area contributed by atoms with Crippen LogP contribution < -0.4 is 10.2 Å². The summed E-state index contributed by atoms with van der Waals surface area (Å²) in [7, 11) is 0. The average Bonchev–Trinajstić information content (AvgIpc) is 3.10. The monoisotopic (exact) mass is 420 g/mol. The fraction of sp³-hybridized carbons (Fsp3) is 0.167. The third kappa shape index (κ3) is 4.09. The number of halogens is 1. The van der Waals surface area contributed by atoms with Gasteiger partial charge in [0.1, 0.15) is 11.2 Å². The molecule has 0 saturated carbocycles. The van der Waals surface area contributed by atoms with Gasteiger partial charge >= 0.3 is 0 Å². The summed E-state index contributed by atoms with van der Waals surface area (Å²) in [5.41, 5.74) is 5.05. The number of hydrogen-bond acceptors (Lipinski definition) is 3. The van der Waals surface area contributed by atoms with Gasteiger partial charge < -0.3 is 5.32 Å². The first-order valence-corrected chi connectivity index (χ1v) is 10.6. The normalized spacial score (nSPS) is 16.0. The zero-order valence-corrected chi connectivity index (χ0v) is 17.5. The van der Waals surface area contributed by atoms with Gasteiger partial charge in [0.2, 0.25) is 5.91 Å². The van der Waals surface area contributed by atoms with Crippen molar-refractivity contribution in [1.29, 1.82) is 0 Å². The van der Waals surface area contributed by atoms with Crippen molar-refractivity contribution in [2.45, 2.75) is 19.2 Å². The Balaban J connectivity index is 1.60. The van der Waals surface area contributed by atoms with E-state index >= 15 is 0 Å². The van der Waals surface area contributed by atoms with Gasteiger partial charge in [-0.1, -0.05) is 29.8 Å². The average molecular weight is 421 g/mol. The number of carbonyl (C=O) groups is 2. The standard InChI is InChI=1S/C24H21FN2O2S/c1-15-6-11-21(16(2)12-15)27-22(28)14-30-24(27)18-4-3-5-20(13-18)26-23(29)17-7-9-19(25)10-8-17/h3-13,24H,14H2,1-2H3,(H,26,29)/t24-/m1/s1. The number of rotatable bonds is 4. The molecular formula is C24H21FN2O2S. The second-order valence-corrected chi connectivity index (χ2v) is 8.37. The molecular weight excluding hydrogens is 399 g/mol. The van der Waals surface area contributed by atoms with E-state index in [1.165, 1.54) is 24.3 Å². The van der Waals surface area contributed by atoms with Crippen molar-refractivity contribution in [2.24, 2.45) is 0 Å². The van der Waals surface area contributed by atoms with Gasteiger partial charge in [-0.25, -0.2) is 4.39 Å². The molecule has 1 aliphatic rings. The molecule has 152 valence electrons. The molecule has 1 heterocycles. The van der Waals surface area contributed by atoms with Crippen LogP contribution in [0.25, 0.3) is 0 Å². The van der Waals surface area contributed by atoms with Gasteiger partial charge in [-0.05, 0) is 67.4 Å². The Morgan fingerprint density at radius 2 is 1.83 bits per heavy atom. The van der Waals surface area contributed by atoms with Crippen LogP contribution in [-0.4, -0.2) is 17.6 Å². The Kier molecular flexibility index (Phi) is 5.59. The molecule has 0 radical (unpaired) electrons. The van der Waals surface area contributed by atoms with E-state index < -0.39 is 0 Å². The van der Waals surface area contributed by atoms with Crippen LogP contribution in [0.1, 0.15) is 32.4 Å². The molecule has 1 saturated heterocycles. The molecule has 1 fully saturated rings. The number of carbonyl (C=O) groups excluding carboxylic acids is 2. The highest BCUT2D eigenvalue weighted by Crippen LogP contribution is 2.43. The third-order valence-electron chi connectivity index (χ3n) is 5.02. The van der Waals surface area contributed by atoms with Crippen molar-refractivity contribution in [3.8, 4) is 0 Å². The largest absolute Gasteiger partial charge is 0.322 e. The second kappa shape index (κ2) is 8.32. The zero-order valence-electron chi connectivity index (χ0n) is 16.7. The molecule has 0 unspecified atom stereocenters. The molecule has 1 aliphatic heterocycles. The number of thioether (sulfide) groups is 1. The summed E-state index contributed by atoms with van der Waals surface area (Å²) >= 11 is 1.57. The summed E-state index contributed by atoms with van der Waals surface area (Å²) in [6, 6.07) is 19.0. The number of hydrogen-bond donors (Lipinski definition) is 1. The minimum Gasteiger partial charge on any atom is -0.322 e. The van der Waals surface area contributed by atoms with Crippen LogP contribution in [0.2, 0.25) is 0 Å². The molecule has 4 rings (SSSR count). The summed E-state index contributed by atoms with van der Waals surface area (Å²) in [6.07, 6.45) is 0. The molecule has 3 aromatic rings. The lowest BCUT2D eigenvalue weighted by molar-refractivity contribution is -0.115. The first-order chi connectivity index (χ1) is 14.4. The van der Waals surface area contributed by atoms with Crippen molar-refractivity contribution >= 4 is 35.0 Å². The van der Waals surface area contributed by atoms with Gasteiger partial charge in [0.15, 0.2) is 0 Å². The van der Waals surface area contributed by atoms with Crippen LogP contribution >= 0.6 is 11.8 Å². The predicted molar refractivity (Wildman–Crippen MR) is 119 cm³/mol. The smallest absolute Gasteiger partial charge is 0.255 e. The van der Waals surface area contributed by atoms with Crippen molar-refractivity contribution in [1.82, 2.24) is 0 Å². The summed E-state index contributed by atoms with van der Waals surface area (Å²) in [6.45, 7) is 4.04. The molecule has 1 N–H and O–H groups in total. The third-order valence-corrected chi connectivity index (χ3v) is 6.23. The van der Waals surface area contributed by atoms with Gasteiger partial charge in [0.05, 0.1) is 5.75 Å². The first-order valence-electron chi connectivity index (χ1n) is 9.60. The van der Waals surface area contributed by atoms with Crippen LogP contribution in [0.3, 0.4) is 0 Å². The lowest BCUT2D eigenvalue weighted by Gasteiger charge is -2.26. The number of aryl methyl sites for hydroxylation is 2. The van der Waals surface area contributed by atoms with Crippen LogP contribution in [0.5, 0.6) is 0 Å². The summed E-state index contributed by atoms with van der Waals surface area (Å²) < 4.78 is 13.1. The molecule has 1 atom stereocenters. The van der Waals surface area contributed by atoms with E-state index in [0.717, 1.165) is 22.4 Å². The van der Waals surface area contributed by atoms with E-state index in [9.17, 15) is 14.0 Å². The minimum absolute atomic E-state index is 0.0673. The maximum absolute atomic E-state index is 13.1. The van der Waals surface area contributed by atoms with Crippen molar-refractivity contribution in [3.63, 3.8) is 0 Å². The number of benzene rings is 3. The fourth-order valence-electron chi connectivity index (χ4n) is 3.58. The maximum Gasteiger partial charge on any atom is 0.255 e. The quantitative estimate of drug-likeness (QED) is 0.609. The summed E-state index contributed by atoms with van der Waals surface area (Å²) in [4.78, 5) is 27.0. The van der Waals surface area contributed by atoms with Gasteiger partial charge in [0, 0.05) is 16.9 Å². The zero-order chi connectivity index (χ0) is 21.3. The lowest BCUT2D eigenvalue weighted by atomic mass is 10.1. The molecule has 0 spiro atoms. The number of amides is 2. The molecule has 2 amide bonds. The Morgan fingerprint density at radius 1 is 1.07 bits per heavy atom. The number of anilines is 2. The van der Waals surface area contributed by atoms with Crippen molar-refractivity contribution in [2.75, 3.05) is 16.0 Å². The van der Waals surface area contributed by atoms with Gasteiger partial charge in [0.25, 0.3) is 5.91 Å². The Labute approximate surface area is 179 Å². The predicted octanol–water partition coefficient (Wildman–Crippen LogP) is 5.47. The highest BCUT2D eigenvalue weighted by molar-refractivity contribution is 8.00. The summed E-state index contributed by atoms with van der Waals surface area (Å²) in [5.74, 6) is -0.223. The molecule has 0 aromatic heterocycles. The van der Waals surface area contributed by atoms with E-state index in [0.29, 0.717) is 17.0 Å². The van der Waals surface area contributed by atoms with Crippen molar-refractivity contribution < 1.29 is 14.0 Å². The molecule has 3 aromatic carbocycles. The minimum atomic E-state index is -0.386. The maximum atomic E-state index is 13.1. The van der Waals surface area contributed by atoms with E-state index in [1.807, 2.05) is 49.1 Å². The Morgan fingerprint density at radius 3 is 2.57 bits per heavy atom. The van der Waals surface area contributed by atoms with E-state index in [2.05, 4.69) is 11.4 Å². The van der Waals surface area contributed by atoms with Crippen molar-refractivity contribution in [3.05, 3.63) is 94.8 Å². The van der Waals surface area contributed by atoms with Crippen LogP contribution in [0, 0.1) is 19.7 Å². The molecule has 6 heteroatoms. The van der Waals surface area contributed by atoms with Gasteiger partial charge in [-0.3, -0.25) is 14.5 Å². The summed E-state index contributed by atoms with van der Waals surface area (Å²) in [5, 5.41) is 2.69. The first kappa shape index (κ1) is 20.2. The highest BCUT2D eigenvalue weighted by Gasteiger charge is 2.34.